The van der Waals surface area contributed by atoms with Crippen molar-refractivity contribution in [2.75, 3.05) is 46.4 Å². The zero-order valence-corrected chi connectivity index (χ0v) is 21.6. The maximum absolute atomic E-state index is 13.3. The second kappa shape index (κ2) is 8.93. The number of cyclic esters (lactones) is 1. The van der Waals surface area contributed by atoms with Gasteiger partial charge in [-0.05, 0) is 47.0 Å². The number of anilines is 1. The Labute approximate surface area is 224 Å². The Hall–Kier alpha value is -4.73. The van der Waals surface area contributed by atoms with Crippen LogP contribution in [0.2, 0.25) is 0 Å². The van der Waals surface area contributed by atoms with Gasteiger partial charge in [0, 0.05) is 24.2 Å². The molecule has 1 unspecified atom stereocenters. The first-order valence-corrected chi connectivity index (χ1v) is 12.4. The van der Waals surface area contributed by atoms with Crippen LogP contribution in [0.25, 0.3) is 0 Å². The maximum Gasteiger partial charge on any atom is 0.337 e. The van der Waals surface area contributed by atoms with Gasteiger partial charge in [-0.1, -0.05) is 6.07 Å². The summed E-state index contributed by atoms with van der Waals surface area (Å²) in [6.07, 6.45) is 0. The van der Waals surface area contributed by atoms with Crippen LogP contribution in [0.1, 0.15) is 22.6 Å². The van der Waals surface area contributed by atoms with Gasteiger partial charge >= 0.3 is 5.97 Å². The third kappa shape index (κ3) is 3.58. The number of esters is 1. The number of ether oxygens (including phenoxy) is 8. The SMILES string of the molecule is COc1cc(C2C3=C(COC3=O)N(Cc3ccc4c(c3)OCO4)c3cc4c(cc32)OCO4)cc(OC)c1OC. The molecule has 0 saturated heterocycles. The lowest BCUT2D eigenvalue weighted by Crippen LogP contribution is -2.30. The van der Waals surface area contributed by atoms with E-state index in [0.29, 0.717) is 52.4 Å². The highest BCUT2D eigenvalue weighted by atomic mass is 16.7. The molecule has 10 heteroatoms. The molecule has 39 heavy (non-hydrogen) atoms. The van der Waals surface area contributed by atoms with Crippen molar-refractivity contribution in [3.63, 3.8) is 0 Å². The molecule has 4 heterocycles. The van der Waals surface area contributed by atoms with E-state index in [4.69, 9.17) is 37.9 Å². The highest BCUT2D eigenvalue weighted by molar-refractivity contribution is 5.98. The van der Waals surface area contributed by atoms with Gasteiger partial charge in [-0.25, -0.2) is 4.79 Å². The Morgan fingerprint density at radius 3 is 2.15 bits per heavy atom. The molecule has 0 N–H and O–H groups in total. The molecule has 3 aromatic rings. The van der Waals surface area contributed by atoms with E-state index in [2.05, 4.69) is 4.90 Å². The molecular weight excluding hydrogens is 506 g/mol. The van der Waals surface area contributed by atoms with Crippen LogP contribution < -0.4 is 38.1 Å². The van der Waals surface area contributed by atoms with Crippen LogP contribution in [0.3, 0.4) is 0 Å². The third-order valence-corrected chi connectivity index (χ3v) is 7.41. The highest BCUT2D eigenvalue weighted by Crippen LogP contribution is 2.53. The van der Waals surface area contributed by atoms with E-state index in [1.807, 2.05) is 42.5 Å². The number of hydrogen-bond donors (Lipinski definition) is 0. The summed E-state index contributed by atoms with van der Waals surface area (Å²) in [4.78, 5) is 15.4. The van der Waals surface area contributed by atoms with Crippen molar-refractivity contribution >= 4 is 11.7 Å². The smallest absolute Gasteiger partial charge is 0.337 e. The molecule has 7 rings (SSSR count). The Morgan fingerprint density at radius 2 is 1.46 bits per heavy atom. The first kappa shape index (κ1) is 23.4. The molecule has 0 amide bonds. The highest BCUT2D eigenvalue weighted by Gasteiger charge is 2.43. The zero-order chi connectivity index (χ0) is 26.7. The van der Waals surface area contributed by atoms with Crippen LogP contribution in [-0.4, -0.2) is 47.5 Å². The average Bonchev–Trinajstić information content (AvgIpc) is 3.71. The molecular formula is C29H25NO9. The average molecular weight is 532 g/mol. The predicted octanol–water partition coefficient (Wildman–Crippen LogP) is 4.13. The van der Waals surface area contributed by atoms with Gasteiger partial charge in [-0.15, -0.1) is 0 Å². The van der Waals surface area contributed by atoms with Crippen molar-refractivity contribution in [3.05, 3.63) is 70.4 Å². The summed E-state index contributed by atoms with van der Waals surface area (Å²) in [6.45, 7) is 0.946. The van der Waals surface area contributed by atoms with Crippen LogP contribution in [0.5, 0.6) is 40.2 Å². The quantitative estimate of drug-likeness (QED) is 0.432. The fourth-order valence-electron chi connectivity index (χ4n) is 5.64. The Morgan fingerprint density at radius 1 is 0.795 bits per heavy atom. The van der Waals surface area contributed by atoms with Crippen molar-refractivity contribution in [2.45, 2.75) is 12.5 Å². The van der Waals surface area contributed by atoms with Crippen LogP contribution in [0.4, 0.5) is 5.69 Å². The first-order valence-electron chi connectivity index (χ1n) is 12.4. The molecule has 200 valence electrons. The lowest BCUT2D eigenvalue weighted by Gasteiger charge is -2.36. The van der Waals surface area contributed by atoms with Crippen molar-refractivity contribution in [2.24, 2.45) is 0 Å². The van der Waals surface area contributed by atoms with Gasteiger partial charge in [0.1, 0.15) is 6.61 Å². The van der Waals surface area contributed by atoms with Gasteiger partial charge in [-0.3, -0.25) is 0 Å². The number of benzene rings is 3. The summed E-state index contributed by atoms with van der Waals surface area (Å²) in [5.74, 6) is 3.27. The number of carbonyl (C=O) groups is 1. The Balaban J connectivity index is 1.42. The Bertz CT molecular complexity index is 1520. The minimum absolute atomic E-state index is 0.129. The van der Waals surface area contributed by atoms with Crippen LogP contribution >= 0.6 is 0 Å². The van der Waals surface area contributed by atoms with Gasteiger partial charge in [0.25, 0.3) is 0 Å². The zero-order valence-electron chi connectivity index (χ0n) is 21.6. The number of carbonyl (C=O) groups excluding carboxylic acids is 1. The Kier molecular flexibility index (Phi) is 5.36. The number of fused-ring (bicyclic) bond motifs is 3. The first-order chi connectivity index (χ1) is 19.1. The summed E-state index contributed by atoms with van der Waals surface area (Å²) in [6, 6.07) is 13.5. The number of methoxy groups -OCH3 is 3. The molecule has 10 nitrogen and oxygen atoms in total. The monoisotopic (exact) mass is 531 g/mol. The van der Waals surface area contributed by atoms with E-state index in [1.54, 1.807) is 21.3 Å². The van der Waals surface area contributed by atoms with Crippen LogP contribution in [-0.2, 0) is 16.1 Å². The van der Waals surface area contributed by atoms with Gasteiger partial charge in [-0.2, -0.15) is 0 Å². The van der Waals surface area contributed by atoms with Gasteiger partial charge < -0.3 is 42.8 Å². The minimum Gasteiger partial charge on any atom is -0.493 e. The lowest BCUT2D eigenvalue weighted by atomic mass is 9.80. The molecule has 0 fully saturated rings. The van der Waals surface area contributed by atoms with Gasteiger partial charge in [0.15, 0.2) is 34.5 Å². The number of rotatable bonds is 6. The van der Waals surface area contributed by atoms with E-state index in [9.17, 15) is 4.79 Å². The van der Waals surface area contributed by atoms with E-state index in [-0.39, 0.29) is 26.2 Å². The topological polar surface area (TPSA) is 94.2 Å². The minimum atomic E-state index is -0.471. The van der Waals surface area contributed by atoms with E-state index < -0.39 is 5.92 Å². The van der Waals surface area contributed by atoms with Crippen molar-refractivity contribution < 1.29 is 42.7 Å². The summed E-state index contributed by atoms with van der Waals surface area (Å²) >= 11 is 0. The second-order valence-electron chi connectivity index (χ2n) is 9.37. The van der Waals surface area contributed by atoms with Crippen molar-refractivity contribution in [1.82, 2.24) is 0 Å². The number of nitrogens with zero attached hydrogens (tertiary/aromatic N) is 1. The largest absolute Gasteiger partial charge is 0.493 e. The third-order valence-electron chi connectivity index (χ3n) is 7.41. The molecule has 0 saturated carbocycles. The summed E-state index contributed by atoms with van der Waals surface area (Å²) in [5, 5.41) is 0. The maximum atomic E-state index is 13.3. The molecule has 1 atom stereocenters. The van der Waals surface area contributed by atoms with Gasteiger partial charge in [0.05, 0.1) is 32.6 Å². The van der Waals surface area contributed by atoms with E-state index >= 15 is 0 Å². The van der Waals surface area contributed by atoms with Crippen molar-refractivity contribution in [3.8, 4) is 40.2 Å². The van der Waals surface area contributed by atoms with Crippen molar-refractivity contribution in [1.29, 1.82) is 0 Å². The number of hydrogen-bond acceptors (Lipinski definition) is 10. The van der Waals surface area contributed by atoms with E-state index in [0.717, 1.165) is 28.1 Å². The molecule has 0 radical (unpaired) electrons. The second-order valence-corrected chi connectivity index (χ2v) is 9.37. The van der Waals surface area contributed by atoms with E-state index in [1.165, 1.54) is 0 Å². The molecule has 0 spiro atoms. The predicted molar refractivity (Wildman–Crippen MR) is 137 cm³/mol. The molecule has 0 bridgehead atoms. The molecule has 0 aliphatic carbocycles. The fraction of sp³-hybridized carbons (Fsp3) is 0.276. The molecule has 4 aliphatic heterocycles. The summed E-state index contributed by atoms with van der Waals surface area (Å²) in [7, 11) is 4.69. The van der Waals surface area contributed by atoms with Crippen LogP contribution in [0.15, 0.2) is 53.7 Å². The molecule has 0 aromatic heterocycles. The van der Waals surface area contributed by atoms with Gasteiger partial charge in [0.2, 0.25) is 19.3 Å². The van der Waals surface area contributed by atoms with Crippen LogP contribution in [0, 0.1) is 0 Å². The molecule has 4 aliphatic rings. The summed E-state index contributed by atoms with van der Waals surface area (Å²) in [5.41, 5.74) is 4.86. The lowest BCUT2D eigenvalue weighted by molar-refractivity contribution is -0.136. The standard InChI is InChI=1S/C29H25NO9/c1-32-24-7-16(8-25(33-2)28(24)34-3)26-17-9-22-23(39-14-38-22)10-18(17)30(19-12-35-29(31)27(19)26)11-15-4-5-20-21(6-15)37-13-36-20/h4-10,26H,11-14H2,1-3H3. The normalized spacial score (nSPS) is 18.1. The molecule has 3 aromatic carbocycles. The fourth-order valence-corrected chi connectivity index (χ4v) is 5.64. The summed E-state index contributed by atoms with van der Waals surface area (Å²) < 4.78 is 45.0.